The summed E-state index contributed by atoms with van der Waals surface area (Å²) in [6, 6.07) is -1.10. The molecule has 0 amide bonds. The summed E-state index contributed by atoms with van der Waals surface area (Å²) in [5.41, 5.74) is 5.42. The van der Waals surface area contributed by atoms with Gasteiger partial charge in [0, 0.05) is 0 Å². The Kier molecular flexibility index (Phi) is 7.69. The SMILES string of the molecule is CC(N)C(=O)OC1C(OC2(CO)OC(CO)C(O)C2O)OC(CO)C(O)C1O. The summed E-state index contributed by atoms with van der Waals surface area (Å²) in [5.74, 6) is -3.28. The Hall–Kier alpha value is -0.970. The van der Waals surface area contributed by atoms with Gasteiger partial charge >= 0.3 is 5.97 Å². The first-order valence-electron chi connectivity index (χ1n) is 8.63. The molecule has 2 aliphatic rings. The van der Waals surface area contributed by atoms with E-state index in [1.807, 2.05) is 0 Å². The smallest absolute Gasteiger partial charge is 0.323 e. The van der Waals surface area contributed by atoms with Crippen LogP contribution in [0.5, 0.6) is 0 Å². The summed E-state index contributed by atoms with van der Waals surface area (Å²) in [7, 11) is 0. The largest absolute Gasteiger partial charge is 0.453 e. The second kappa shape index (κ2) is 9.23. The van der Waals surface area contributed by atoms with E-state index in [0.29, 0.717) is 0 Å². The van der Waals surface area contributed by atoms with Crippen molar-refractivity contribution < 1.29 is 59.5 Å². The van der Waals surface area contributed by atoms with Crippen LogP contribution in [0.15, 0.2) is 0 Å². The third-order valence-electron chi connectivity index (χ3n) is 4.67. The predicted molar refractivity (Wildman–Crippen MR) is 86.2 cm³/mol. The monoisotopic (exact) mass is 413 g/mol. The molecule has 0 radical (unpaired) electrons. The molecule has 2 rings (SSSR count). The highest BCUT2D eigenvalue weighted by molar-refractivity contribution is 5.75. The summed E-state index contributed by atoms with van der Waals surface area (Å²) in [4.78, 5) is 11.9. The lowest BCUT2D eigenvalue weighted by molar-refractivity contribution is -0.384. The summed E-state index contributed by atoms with van der Waals surface area (Å²) in [6.07, 6.45) is -13.0. The maximum atomic E-state index is 11.9. The minimum atomic E-state index is -2.31. The molecule has 9 N–H and O–H groups in total. The van der Waals surface area contributed by atoms with Crippen LogP contribution in [0.4, 0.5) is 0 Å². The third-order valence-corrected chi connectivity index (χ3v) is 4.67. The average molecular weight is 413 g/mol. The molecule has 0 bridgehead atoms. The molecule has 2 aliphatic heterocycles. The van der Waals surface area contributed by atoms with E-state index in [1.165, 1.54) is 6.92 Å². The van der Waals surface area contributed by atoms with Crippen LogP contribution in [0.3, 0.4) is 0 Å². The number of esters is 1. The van der Waals surface area contributed by atoms with Gasteiger partial charge in [-0.1, -0.05) is 0 Å². The number of hydrogen-bond donors (Lipinski definition) is 8. The van der Waals surface area contributed by atoms with Crippen LogP contribution >= 0.6 is 0 Å². The number of aliphatic hydroxyl groups excluding tert-OH is 7. The van der Waals surface area contributed by atoms with Crippen LogP contribution in [-0.4, -0.2) is 122 Å². The molecule has 2 fully saturated rings. The van der Waals surface area contributed by atoms with Gasteiger partial charge in [-0.3, -0.25) is 4.79 Å². The number of carbonyl (C=O) groups excluding carboxylic acids is 1. The fourth-order valence-corrected chi connectivity index (χ4v) is 2.98. The van der Waals surface area contributed by atoms with E-state index in [-0.39, 0.29) is 0 Å². The highest BCUT2D eigenvalue weighted by Crippen LogP contribution is 2.36. The van der Waals surface area contributed by atoms with E-state index < -0.39 is 86.6 Å². The van der Waals surface area contributed by atoms with Crippen LogP contribution in [0.2, 0.25) is 0 Å². The fraction of sp³-hybridized carbons (Fsp3) is 0.933. The minimum Gasteiger partial charge on any atom is -0.453 e. The van der Waals surface area contributed by atoms with Gasteiger partial charge in [0.05, 0.1) is 13.2 Å². The first kappa shape index (κ1) is 23.3. The molecule has 13 heteroatoms. The van der Waals surface area contributed by atoms with E-state index >= 15 is 0 Å². The average Bonchev–Trinajstić information content (AvgIpc) is 2.92. The second-order valence-corrected chi connectivity index (χ2v) is 6.76. The van der Waals surface area contributed by atoms with Gasteiger partial charge in [-0.2, -0.15) is 0 Å². The molecule has 0 saturated carbocycles. The quantitative estimate of drug-likeness (QED) is 0.183. The van der Waals surface area contributed by atoms with Crippen molar-refractivity contribution in [3.8, 4) is 0 Å². The minimum absolute atomic E-state index is 0.710. The molecule has 0 aromatic carbocycles. The lowest BCUT2D eigenvalue weighted by Gasteiger charge is -2.44. The van der Waals surface area contributed by atoms with E-state index in [1.54, 1.807) is 0 Å². The second-order valence-electron chi connectivity index (χ2n) is 6.76. The van der Waals surface area contributed by atoms with Gasteiger partial charge in [-0.05, 0) is 6.92 Å². The van der Waals surface area contributed by atoms with Crippen molar-refractivity contribution in [3.05, 3.63) is 0 Å². The summed E-state index contributed by atoms with van der Waals surface area (Å²) in [6.45, 7) is -1.16. The van der Waals surface area contributed by atoms with E-state index in [9.17, 15) is 40.5 Å². The van der Waals surface area contributed by atoms with Crippen molar-refractivity contribution in [2.45, 2.75) is 67.8 Å². The van der Waals surface area contributed by atoms with Gasteiger partial charge in [0.2, 0.25) is 12.1 Å². The van der Waals surface area contributed by atoms with Crippen LogP contribution in [0.1, 0.15) is 6.92 Å². The summed E-state index contributed by atoms with van der Waals surface area (Å²) >= 11 is 0. The summed E-state index contributed by atoms with van der Waals surface area (Å²) < 4.78 is 21.0. The lowest BCUT2D eigenvalue weighted by atomic mass is 9.98. The van der Waals surface area contributed by atoms with Crippen LogP contribution in [0.25, 0.3) is 0 Å². The van der Waals surface area contributed by atoms with Gasteiger partial charge in [0.15, 0.2) is 6.10 Å². The van der Waals surface area contributed by atoms with Crippen molar-refractivity contribution >= 4 is 5.97 Å². The molecule has 13 nitrogen and oxygen atoms in total. The van der Waals surface area contributed by atoms with E-state index in [0.717, 1.165) is 0 Å². The highest BCUT2D eigenvalue weighted by Gasteiger charge is 2.59. The van der Waals surface area contributed by atoms with Crippen molar-refractivity contribution in [3.63, 3.8) is 0 Å². The molecule has 28 heavy (non-hydrogen) atoms. The molecule has 0 aliphatic carbocycles. The third kappa shape index (κ3) is 4.29. The normalized spacial score (nSPS) is 45.0. The van der Waals surface area contributed by atoms with Crippen LogP contribution in [-0.2, 0) is 23.7 Å². The molecular weight excluding hydrogens is 386 g/mol. The van der Waals surface area contributed by atoms with Gasteiger partial charge in [-0.25, -0.2) is 0 Å². The molecule has 164 valence electrons. The van der Waals surface area contributed by atoms with E-state index in [4.69, 9.17) is 24.7 Å². The number of hydrogen-bond acceptors (Lipinski definition) is 13. The zero-order valence-corrected chi connectivity index (χ0v) is 15.1. The molecule has 0 spiro atoms. The Morgan fingerprint density at radius 1 is 1.07 bits per heavy atom. The first-order valence-corrected chi connectivity index (χ1v) is 8.63. The molecule has 2 heterocycles. The fourth-order valence-electron chi connectivity index (χ4n) is 2.98. The zero-order valence-electron chi connectivity index (χ0n) is 15.1. The maximum Gasteiger partial charge on any atom is 0.323 e. The Morgan fingerprint density at radius 2 is 1.68 bits per heavy atom. The number of ether oxygens (including phenoxy) is 4. The molecular formula is C15H27NO12. The molecule has 0 aromatic heterocycles. The van der Waals surface area contributed by atoms with Gasteiger partial charge < -0.3 is 60.4 Å². The lowest BCUT2D eigenvalue weighted by Crippen LogP contribution is -2.64. The number of nitrogens with two attached hydrogens (primary N) is 1. The van der Waals surface area contributed by atoms with Gasteiger partial charge in [0.25, 0.3) is 0 Å². The number of rotatable bonds is 7. The predicted octanol–water partition coefficient (Wildman–Crippen LogP) is -5.50. The number of aliphatic hydroxyl groups is 7. The van der Waals surface area contributed by atoms with Crippen molar-refractivity contribution in [2.24, 2.45) is 5.73 Å². The standard InChI is InChI=1S/C15H27NO12/c1-5(16)13(24)26-11-10(22)8(20)6(2-17)25-14(11)28-15(4-19)12(23)9(21)7(3-18)27-15/h5-12,14,17-23H,2-4,16H2,1H3. The van der Waals surface area contributed by atoms with Crippen LogP contribution in [0, 0.1) is 0 Å². The Morgan fingerprint density at radius 3 is 2.14 bits per heavy atom. The van der Waals surface area contributed by atoms with Crippen molar-refractivity contribution in [2.75, 3.05) is 19.8 Å². The molecule has 0 aromatic rings. The van der Waals surface area contributed by atoms with E-state index in [2.05, 4.69) is 0 Å². The Balaban J connectivity index is 2.30. The van der Waals surface area contributed by atoms with Crippen molar-refractivity contribution in [1.29, 1.82) is 0 Å². The first-order chi connectivity index (χ1) is 13.1. The molecule has 10 unspecified atom stereocenters. The Bertz CT molecular complexity index is 535. The van der Waals surface area contributed by atoms with Crippen LogP contribution < -0.4 is 5.73 Å². The number of carbonyl (C=O) groups is 1. The topological polar surface area (TPSA) is 222 Å². The van der Waals surface area contributed by atoms with Gasteiger partial charge in [-0.15, -0.1) is 0 Å². The van der Waals surface area contributed by atoms with Gasteiger partial charge in [0.1, 0.15) is 49.3 Å². The highest BCUT2D eigenvalue weighted by atomic mass is 16.8. The van der Waals surface area contributed by atoms with Crippen molar-refractivity contribution in [1.82, 2.24) is 0 Å². The maximum absolute atomic E-state index is 11.9. The molecule has 10 atom stereocenters. The Labute approximate surface area is 159 Å². The zero-order chi connectivity index (χ0) is 21.2. The molecule has 2 saturated heterocycles. The summed E-state index contributed by atoms with van der Waals surface area (Å²) in [5, 5.41) is 68.7.